The van der Waals surface area contributed by atoms with Crippen LogP contribution in [0.2, 0.25) is 0 Å². The van der Waals surface area contributed by atoms with Crippen molar-refractivity contribution in [3.63, 3.8) is 0 Å². The van der Waals surface area contributed by atoms with E-state index in [1.807, 2.05) is 44.2 Å². The van der Waals surface area contributed by atoms with Crippen LogP contribution in [0, 0.1) is 5.41 Å². The number of rotatable bonds is 2. The van der Waals surface area contributed by atoms with Crippen LogP contribution in [0.3, 0.4) is 0 Å². The Balaban J connectivity index is 1.86. The Hall–Kier alpha value is -1.55. The molecule has 1 aromatic carbocycles. The summed E-state index contributed by atoms with van der Waals surface area (Å²) >= 11 is 0. The molecule has 2 fully saturated rings. The lowest BCUT2D eigenvalue weighted by Gasteiger charge is -2.29. The molecule has 2 saturated heterocycles. The molecule has 0 spiro atoms. The first-order valence-corrected chi connectivity index (χ1v) is 6.24. The molecule has 0 radical (unpaired) electrons. The van der Waals surface area contributed by atoms with Crippen LogP contribution < -0.4 is 4.74 Å². The maximum absolute atomic E-state index is 12.3. The van der Waals surface area contributed by atoms with Gasteiger partial charge in [-0.3, -0.25) is 4.79 Å². The van der Waals surface area contributed by atoms with Gasteiger partial charge in [0.05, 0.1) is 12.0 Å². The second kappa shape index (κ2) is 3.99. The van der Waals surface area contributed by atoms with Crippen LogP contribution in [0.25, 0.3) is 0 Å². The van der Waals surface area contributed by atoms with Gasteiger partial charge in [-0.2, -0.15) is 0 Å². The molecule has 2 aliphatic rings. The molecule has 0 unspecified atom stereocenters. The van der Waals surface area contributed by atoms with Crippen molar-refractivity contribution in [3.05, 3.63) is 30.3 Å². The van der Waals surface area contributed by atoms with Gasteiger partial charge in [-0.15, -0.1) is 0 Å². The second-order valence-corrected chi connectivity index (χ2v) is 5.39. The highest BCUT2D eigenvalue weighted by Crippen LogP contribution is 2.42. The van der Waals surface area contributed by atoms with Gasteiger partial charge >= 0.3 is 0 Å². The summed E-state index contributed by atoms with van der Waals surface area (Å²) in [5.74, 6) is 0.761. The molecule has 0 N–H and O–H groups in total. The van der Waals surface area contributed by atoms with Crippen molar-refractivity contribution in [3.8, 4) is 5.75 Å². The Kier molecular flexibility index (Phi) is 2.55. The molecule has 3 rings (SSSR count). The zero-order valence-electron chi connectivity index (χ0n) is 10.6. The molecule has 96 valence electrons. The summed E-state index contributed by atoms with van der Waals surface area (Å²) in [5, 5.41) is 0. The molecule has 1 amide bonds. The summed E-state index contributed by atoms with van der Waals surface area (Å²) in [6.45, 7) is 5.34. The molecular weight excluding hydrogens is 230 g/mol. The van der Waals surface area contributed by atoms with Gasteiger partial charge in [0, 0.05) is 6.54 Å². The molecular formula is C14H17NO3. The standard InChI is InChI=1S/C14H17NO3/c1-14(2)11(18-10-6-4-3-5-7-10)12(16)15-8-9-17-13(14)15/h3-7,11,13H,8-9H2,1-2H3/t11-,13+/m1/s1. The Morgan fingerprint density at radius 1 is 1.33 bits per heavy atom. The number of para-hydroxylation sites is 1. The van der Waals surface area contributed by atoms with E-state index in [2.05, 4.69) is 0 Å². The minimum Gasteiger partial charge on any atom is -0.480 e. The molecule has 4 nitrogen and oxygen atoms in total. The first kappa shape index (κ1) is 11.5. The van der Waals surface area contributed by atoms with Gasteiger partial charge in [0.2, 0.25) is 0 Å². The van der Waals surface area contributed by atoms with Crippen LogP contribution in [-0.4, -0.2) is 36.3 Å². The summed E-state index contributed by atoms with van der Waals surface area (Å²) in [7, 11) is 0. The quantitative estimate of drug-likeness (QED) is 0.797. The summed E-state index contributed by atoms with van der Waals surface area (Å²) in [6.07, 6.45) is -0.621. The molecule has 2 atom stereocenters. The molecule has 0 bridgehead atoms. The molecule has 2 heterocycles. The average molecular weight is 247 g/mol. The zero-order valence-corrected chi connectivity index (χ0v) is 10.6. The third kappa shape index (κ3) is 1.60. The van der Waals surface area contributed by atoms with E-state index in [0.717, 1.165) is 5.75 Å². The number of nitrogens with zero attached hydrogens (tertiary/aromatic N) is 1. The van der Waals surface area contributed by atoms with Crippen LogP contribution in [0.4, 0.5) is 0 Å². The van der Waals surface area contributed by atoms with Gasteiger partial charge in [-0.1, -0.05) is 32.0 Å². The first-order valence-electron chi connectivity index (χ1n) is 6.24. The van der Waals surface area contributed by atoms with E-state index >= 15 is 0 Å². The van der Waals surface area contributed by atoms with Gasteiger partial charge in [0.1, 0.15) is 12.0 Å². The highest BCUT2D eigenvalue weighted by molar-refractivity contribution is 5.85. The molecule has 0 saturated carbocycles. The lowest BCUT2D eigenvalue weighted by molar-refractivity contribution is -0.134. The fraction of sp³-hybridized carbons (Fsp3) is 0.500. The molecule has 4 heteroatoms. The maximum atomic E-state index is 12.3. The van der Waals surface area contributed by atoms with E-state index in [-0.39, 0.29) is 17.6 Å². The fourth-order valence-corrected chi connectivity index (χ4v) is 2.75. The van der Waals surface area contributed by atoms with Gasteiger partial charge in [-0.25, -0.2) is 0 Å². The van der Waals surface area contributed by atoms with E-state index in [1.54, 1.807) is 4.90 Å². The lowest BCUT2D eigenvalue weighted by Crippen LogP contribution is -2.39. The van der Waals surface area contributed by atoms with Crippen LogP contribution in [0.5, 0.6) is 5.75 Å². The number of benzene rings is 1. The highest BCUT2D eigenvalue weighted by atomic mass is 16.5. The van der Waals surface area contributed by atoms with Crippen LogP contribution >= 0.6 is 0 Å². The first-order chi connectivity index (χ1) is 8.60. The average Bonchev–Trinajstić information content (AvgIpc) is 2.91. The van der Waals surface area contributed by atoms with Gasteiger partial charge in [0.15, 0.2) is 6.10 Å². The number of ether oxygens (including phenoxy) is 2. The van der Waals surface area contributed by atoms with Crippen molar-refractivity contribution in [2.75, 3.05) is 13.2 Å². The maximum Gasteiger partial charge on any atom is 0.266 e. The molecule has 0 aliphatic carbocycles. The monoisotopic (exact) mass is 247 g/mol. The van der Waals surface area contributed by atoms with Crippen molar-refractivity contribution in [2.24, 2.45) is 5.41 Å². The topological polar surface area (TPSA) is 38.8 Å². The van der Waals surface area contributed by atoms with Crippen molar-refractivity contribution >= 4 is 5.91 Å². The van der Waals surface area contributed by atoms with E-state index < -0.39 is 6.10 Å². The Morgan fingerprint density at radius 2 is 2.06 bits per heavy atom. The fourth-order valence-electron chi connectivity index (χ4n) is 2.75. The van der Waals surface area contributed by atoms with Gasteiger partial charge in [-0.05, 0) is 12.1 Å². The number of hydrogen-bond donors (Lipinski definition) is 0. The number of amides is 1. The Labute approximate surface area is 106 Å². The number of fused-ring (bicyclic) bond motifs is 1. The van der Waals surface area contributed by atoms with E-state index in [1.165, 1.54) is 0 Å². The van der Waals surface area contributed by atoms with E-state index in [0.29, 0.717) is 13.2 Å². The summed E-state index contributed by atoms with van der Waals surface area (Å²) in [6, 6.07) is 9.47. The predicted octanol–water partition coefficient (Wildman–Crippen LogP) is 1.66. The smallest absolute Gasteiger partial charge is 0.266 e. The lowest BCUT2D eigenvalue weighted by atomic mass is 9.87. The Bertz CT molecular complexity index is 457. The minimum absolute atomic E-state index is 0.0337. The summed E-state index contributed by atoms with van der Waals surface area (Å²) < 4.78 is 11.5. The normalized spacial score (nSPS) is 29.4. The minimum atomic E-state index is -0.467. The highest BCUT2D eigenvalue weighted by Gasteiger charge is 2.58. The van der Waals surface area contributed by atoms with Gasteiger partial charge in [0.25, 0.3) is 5.91 Å². The van der Waals surface area contributed by atoms with E-state index in [9.17, 15) is 4.79 Å². The zero-order chi connectivity index (χ0) is 12.8. The SMILES string of the molecule is CC1(C)[C@H](Oc2ccccc2)C(=O)N2CCO[C@H]21. The third-order valence-corrected chi connectivity index (χ3v) is 3.71. The van der Waals surface area contributed by atoms with Crippen molar-refractivity contribution in [1.29, 1.82) is 0 Å². The molecule has 2 aliphatic heterocycles. The summed E-state index contributed by atoms with van der Waals surface area (Å²) in [5.41, 5.74) is -0.330. The second-order valence-electron chi connectivity index (χ2n) is 5.39. The van der Waals surface area contributed by atoms with Crippen molar-refractivity contribution < 1.29 is 14.3 Å². The van der Waals surface area contributed by atoms with Crippen molar-refractivity contribution in [1.82, 2.24) is 4.90 Å². The van der Waals surface area contributed by atoms with Crippen LogP contribution in [0.1, 0.15) is 13.8 Å². The van der Waals surface area contributed by atoms with Crippen molar-refractivity contribution in [2.45, 2.75) is 26.2 Å². The number of hydrogen-bond acceptors (Lipinski definition) is 3. The molecule has 1 aromatic rings. The number of carbonyl (C=O) groups is 1. The third-order valence-electron chi connectivity index (χ3n) is 3.71. The van der Waals surface area contributed by atoms with Crippen LogP contribution in [-0.2, 0) is 9.53 Å². The molecule has 0 aromatic heterocycles. The largest absolute Gasteiger partial charge is 0.480 e. The molecule has 18 heavy (non-hydrogen) atoms. The number of carbonyl (C=O) groups excluding carboxylic acids is 1. The Morgan fingerprint density at radius 3 is 2.72 bits per heavy atom. The van der Waals surface area contributed by atoms with Crippen LogP contribution in [0.15, 0.2) is 30.3 Å². The van der Waals surface area contributed by atoms with E-state index in [4.69, 9.17) is 9.47 Å². The predicted molar refractivity (Wildman–Crippen MR) is 66.1 cm³/mol. The van der Waals surface area contributed by atoms with Gasteiger partial charge < -0.3 is 14.4 Å². The summed E-state index contributed by atoms with van der Waals surface area (Å²) in [4.78, 5) is 14.1.